The van der Waals surface area contributed by atoms with Gasteiger partial charge in [0.25, 0.3) is 0 Å². The molecule has 2 heterocycles. The third-order valence-electron chi connectivity index (χ3n) is 7.33. The molecule has 1 amide bonds. The molecule has 1 spiro atoms. The molecule has 38 heavy (non-hydrogen) atoms. The summed E-state index contributed by atoms with van der Waals surface area (Å²) in [5.41, 5.74) is 2.56. The Morgan fingerprint density at radius 2 is 1.63 bits per heavy atom. The normalized spacial score (nSPS) is 19.8. The molecule has 10 heteroatoms. The lowest BCUT2D eigenvalue weighted by atomic mass is 9.68. The average Bonchev–Trinajstić information content (AvgIpc) is 3.16. The summed E-state index contributed by atoms with van der Waals surface area (Å²) < 4.78 is 45.1. The molecule has 2 atom stereocenters. The van der Waals surface area contributed by atoms with Gasteiger partial charge in [0.05, 0.1) is 5.41 Å². The van der Waals surface area contributed by atoms with Gasteiger partial charge in [0.2, 0.25) is 5.91 Å². The zero-order valence-electron chi connectivity index (χ0n) is 21.4. The van der Waals surface area contributed by atoms with Gasteiger partial charge in [0.15, 0.2) is 5.78 Å². The molecule has 0 bridgehead atoms. The Labute approximate surface area is 219 Å². The van der Waals surface area contributed by atoms with Crippen LogP contribution in [0.4, 0.5) is 17.6 Å². The van der Waals surface area contributed by atoms with Crippen LogP contribution in [0.5, 0.6) is 0 Å². The van der Waals surface area contributed by atoms with Crippen LogP contribution in [0, 0.1) is 24.1 Å². The highest BCUT2D eigenvalue weighted by Gasteiger charge is 2.51. The lowest BCUT2D eigenvalue weighted by molar-refractivity contribution is -0.192. The van der Waals surface area contributed by atoms with Gasteiger partial charge < -0.3 is 15.3 Å². The van der Waals surface area contributed by atoms with E-state index in [9.17, 15) is 27.2 Å². The number of carbonyl (C=O) groups excluding carboxylic acids is 2. The zero-order chi connectivity index (χ0) is 28.1. The minimum Gasteiger partial charge on any atom is -0.475 e. The number of likely N-dealkylation sites (tertiary alicyclic amines) is 1. The van der Waals surface area contributed by atoms with E-state index in [1.807, 2.05) is 43.3 Å². The minimum atomic E-state index is -5.08. The van der Waals surface area contributed by atoms with Crippen molar-refractivity contribution in [3.8, 4) is 0 Å². The Bertz CT molecular complexity index is 1130. The molecule has 4 rings (SSSR count). The first-order valence-corrected chi connectivity index (χ1v) is 12.5. The number of carbonyl (C=O) groups is 3. The quantitative estimate of drug-likeness (QED) is 0.402. The lowest BCUT2D eigenvalue weighted by Gasteiger charge is -2.41. The SMILES string of the molecule is Cc1ccc(C(=O)C[C@@H](C)CN2CCC3(CC2)C(=O)NC[C@@H]3c2ccc(F)cc2)cc1.O=C(O)C(F)(F)F. The van der Waals surface area contributed by atoms with E-state index in [0.29, 0.717) is 13.0 Å². The topological polar surface area (TPSA) is 86.7 Å². The first-order chi connectivity index (χ1) is 17.8. The third kappa shape index (κ3) is 7.18. The van der Waals surface area contributed by atoms with E-state index in [0.717, 1.165) is 49.2 Å². The number of aryl methyl sites for hydroxylation is 1. The molecule has 0 aliphatic carbocycles. The number of nitrogens with one attached hydrogen (secondary N) is 1. The number of carboxylic acid groups (broad SMARTS) is 1. The maximum atomic E-state index is 13.4. The molecule has 2 aliphatic heterocycles. The third-order valence-corrected chi connectivity index (χ3v) is 7.33. The summed E-state index contributed by atoms with van der Waals surface area (Å²) in [6, 6.07) is 14.4. The predicted octanol–water partition coefficient (Wildman–Crippen LogP) is 4.97. The van der Waals surface area contributed by atoms with Crippen LogP contribution in [-0.4, -0.2) is 60.0 Å². The Morgan fingerprint density at radius 3 is 2.16 bits per heavy atom. The van der Waals surface area contributed by atoms with Gasteiger partial charge in [-0.25, -0.2) is 9.18 Å². The maximum Gasteiger partial charge on any atom is 0.490 e. The van der Waals surface area contributed by atoms with Crippen LogP contribution in [0.15, 0.2) is 48.5 Å². The first kappa shape index (κ1) is 29.3. The van der Waals surface area contributed by atoms with E-state index >= 15 is 0 Å². The van der Waals surface area contributed by atoms with Gasteiger partial charge in [-0.05, 0) is 56.5 Å². The van der Waals surface area contributed by atoms with Crippen LogP contribution in [-0.2, 0) is 9.59 Å². The second-order valence-electron chi connectivity index (χ2n) is 10.2. The molecule has 2 aromatic rings. The molecule has 2 aliphatic rings. The number of hydrogen-bond acceptors (Lipinski definition) is 4. The van der Waals surface area contributed by atoms with E-state index in [2.05, 4.69) is 17.1 Å². The summed E-state index contributed by atoms with van der Waals surface area (Å²) in [7, 11) is 0. The van der Waals surface area contributed by atoms with Gasteiger partial charge in [-0.2, -0.15) is 13.2 Å². The standard InChI is InChI=1S/C26H31FN2O2.C2HF3O2/c1-18-3-5-21(6-4-18)24(30)15-19(2)17-29-13-11-26(12-14-29)23(16-28-25(26)31)20-7-9-22(27)10-8-20;3-2(4,5)1(6)7/h3-10,19,23H,11-17H2,1-2H3,(H,28,31);(H,6,7)/t19-,23-;/m1./s1. The number of benzene rings is 2. The fourth-order valence-electron chi connectivity index (χ4n) is 5.25. The molecule has 2 saturated heterocycles. The molecule has 206 valence electrons. The van der Waals surface area contributed by atoms with Crippen molar-refractivity contribution in [2.24, 2.45) is 11.3 Å². The van der Waals surface area contributed by atoms with Crippen molar-refractivity contribution in [1.82, 2.24) is 10.2 Å². The molecule has 2 aromatic carbocycles. The number of ketones is 1. The summed E-state index contributed by atoms with van der Waals surface area (Å²) in [5, 5.41) is 10.2. The van der Waals surface area contributed by atoms with E-state index in [4.69, 9.17) is 9.90 Å². The number of piperidine rings is 1. The monoisotopic (exact) mass is 536 g/mol. The largest absolute Gasteiger partial charge is 0.490 e. The molecular formula is C28H32F4N2O4. The summed E-state index contributed by atoms with van der Waals surface area (Å²) in [4.78, 5) is 36.7. The van der Waals surface area contributed by atoms with Crippen molar-refractivity contribution in [1.29, 1.82) is 0 Å². The van der Waals surface area contributed by atoms with E-state index in [1.54, 1.807) is 0 Å². The van der Waals surface area contributed by atoms with Crippen LogP contribution in [0.2, 0.25) is 0 Å². The van der Waals surface area contributed by atoms with E-state index in [-0.39, 0.29) is 29.3 Å². The first-order valence-electron chi connectivity index (χ1n) is 12.5. The lowest BCUT2D eigenvalue weighted by Crippen LogP contribution is -2.47. The smallest absolute Gasteiger partial charge is 0.475 e. The van der Waals surface area contributed by atoms with E-state index < -0.39 is 17.6 Å². The van der Waals surface area contributed by atoms with Crippen LogP contribution in [0.3, 0.4) is 0 Å². The van der Waals surface area contributed by atoms with Gasteiger partial charge in [0, 0.05) is 31.0 Å². The summed E-state index contributed by atoms with van der Waals surface area (Å²) in [5.74, 6) is -2.35. The second kappa shape index (κ2) is 12.1. The number of halogens is 4. The van der Waals surface area contributed by atoms with Crippen molar-refractivity contribution < 1.29 is 37.1 Å². The number of alkyl halides is 3. The van der Waals surface area contributed by atoms with Gasteiger partial charge in [0.1, 0.15) is 5.82 Å². The summed E-state index contributed by atoms with van der Waals surface area (Å²) >= 11 is 0. The van der Waals surface area contributed by atoms with Crippen LogP contribution in [0.1, 0.15) is 53.6 Å². The number of aliphatic carboxylic acids is 1. The number of carboxylic acids is 1. The number of amides is 1. The molecule has 6 nitrogen and oxygen atoms in total. The molecule has 0 radical (unpaired) electrons. The predicted molar refractivity (Wildman–Crippen MR) is 133 cm³/mol. The van der Waals surface area contributed by atoms with Crippen LogP contribution in [0.25, 0.3) is 0 Å². The minimum absolute atomic E-state index is 0.0864. The Hall–Kier alpha value is -3.27. The highest BCUT2D eigenvalue weighted by atomic mass is 19.4. The molecule has 0 saturated carbocycles. The van der Waals surface area contributed by atoms with Crippen LogP contribution < -0.4 is 5.32 Å². The highest BCUT2D eigenvalue weighted by Crippen LogP contribution is 2.47. The Morgan fingerprint density at radius 1 is 1.08 bits per heavy atom. The van der Waals surface area contributed by atoms with Gasteiger partial charge in [-0.1, -0.05) is 48.9 Å². The van der Waals surface area contributed by atoms with Gasteiger partial charge >= 0.3 is 12.1 Å². The van der Waals surface area contributed by atoms with Crippen molar-refractivity contribution in [3.05, 3.63) is 71.0 Å². The van der Waals surface area contributed by atoms with Crippen molar-refractivity contribution >= 4 is 17.7 Å². The molecule has 2 fully saturated rings. The highest BCUT2D eigenvalue weighted by molar-refractivity contribution is 5.96. The van der Waals surface area contributed by atoms with E-state index in [1.165, 1.54) is 12.1 Å². The van der Waals surface area contributed by atoms with Gasteiger partial charge in [-0.15, -0.1) is 0 Å². The summed E-state index contributed by atoms with van der Waals surface area (Å²) in [6.07, 6.45) is -2.97. The molecule has 0 aromatic heterocycles. The Balaban J connectivity index is 0.000000505. The number of Topliss-reactive ketones (excluding diaryl/α,β-unsaturated/α-hetero) is 1. The van der Waals surface area contributed by atoms with Crippen LogP contribution >= 0.6 is 0 Å². The number of nitrogens with zero attached hydrogens (tertiary/aromatic N) is 1. The number of hydrogen-bond donors (Lipinski definition) is 2. The molecular weight excluding hydrogens is 504 g/mol. The fourth-order valence-corrected chi connectivity index (χ4v) is 5.25. The second-order valence-corrected chi connectivity index (χ2v) is 10.2. The molecule has 0 unspecified atom stereocenters. The van der Waals surface area contributed by atoms with Gasteiger partial charge in [-0.3, -0.25) is 9.59 Å². The molecule has 2 N–H and O–H groups in total. The van der Waals surface area contributed by atoms with Crippen molar-refractivity contribution in [2.75, 3.05) is 26.2 Å². The summed E-state index contributed by atoms with van der Waals surface area (Å²) in [6.45, 7) is 7.30. The zero-order valence-corrected chi connectivity index (χ0v) is 21.4. The number of rotatable bonds is 6. The fraction of sp³-hybridized carbons (Fsp3) is 0.464. The van der Waals surface area contributed by atoms with Crippen molar-refractivity contribution in [3.63, 3.8) is 0 Å². The maximum absolute atomic E-state index is 13.4. The van der Waals surface area contributed by atoms with Crippen molar-refractivity contribution in [2.45, 2.75) is 45.2 Å². The average molecular weight is 537 g/mol. The Kier molecular flexibility index (Phi) is 9.30.